The molecule has 1 aromatic heterocycles. The molecule has 2 aromatic rings. The number of hydrogen-bond donors (Lipinski definition) is 1. The van der Waals surface area contributed by atoms with Gasteiger partial charge in [0.2, 0.25) is 0 Å². The third kappa shape index (κ3) is 3.04. The molecule has 1 N–H and O–H groups in total. The van der Waals surface area contributed by atoms with Crippen LogP contribution in [-0.2, 0) is 0 Å². The second-order valence-electron chi connectivity index (χ2n) is 4.96. The standard InChI is InChI=1S/C15H18FN5/c1-17-14-10-15(19-11-18-14)21-8-6-20(7-9-21)13-4-2-12(16)3-5-13/h2-5,10-11H,6-9H2,1H3,(H,17,18,19). The van der Waals surface area contributed by atoms with Gasteiger partial charge >= 0.3 is 0 Å². The van der Waals surface area contributed by atoms with Gasteiger partial charge in [0.05, 0.1) is 0 Å². The Labute approximate surface area is 123 Å². The molecule has 2 heterocycles. The number of nitrogens with zero attached hydrogens (tertiary/aromatic N) is 4. The summed E-state index contributed by atoms with van der Waals surface area (Å²) in [4.78, 5) is 13.0. The molecule has 1 aliphatic heterocycles. The first kappa shape index (κ1) is 13.6. The molecule has 1 saturated heterocycles. The van der Waals surface area contributed by atoms with Crippen LogP contribution in [-0.4, -0.2) is 43.2 Å². The van der Waals surface area contributed by atoms with Crippen molar-refractivity contribution in [1.82, 2.24) is 9.97 Å². The van der Waals surface area contributed by atoms with Crippen LogP contribution >= 0.6 is 0 Å². The van der Waals surface area contributed by atoms with Gasteiger partial charge < -0.3 is 15.1 Å². The molecule has 0 atom stereocenters. The minimum Gasteiger partial charge on any atom is -0.373 e. The third-order valence-electron chi connectivity index (χ3n) is 3.70. The Balaban J connectivity index is 1.65. The SMILES string of the molecule is CNc1cc(N2CCN(c3ccc(F)cc3)CC2)ncn1. The maximum absolute atomic E-state index is 13.0. The van der Waals surface area contributed by atoms with Crippen LogP contribution in [0.4, 0.5) is 21.7 Å². The Morgan fingerprint density at radius 3 is 2.33 bits per heavy atom. The zero-order chi connectivity index (χ0) is 14.7. The van der Waals surface area contributed by atoms with Crippen LogP contribution in [0.3, 0.4) is 0 Å². The topological polar surface area (TPSA) is 44.3 Å². The lowest BCUT2D eigenvalue weighted by molar-refractivity contribution is 0.624. The zero-order valence-electron chi connectivity index (χ0n) is 12.0. The fraction of sp³-hybridized carbons (Fsp3) is 0.333. The molecule has 21 heavy (non-hydrogen) atoms. The van der Waals surface area contributed by atoms with Gasteiger partial charge in [-0.1, -0.05) is 0 Å². The number of rotatable bonds is 3. The molecule has 1 fully saturated rings. The third-order valence-corrected chi connectivity index (χ3v) is 3.70. The maximum Gasteiger partial charge on any atom is 0.134 e. The van der Waals surface area contributed by atoms with Gasteiger partial charge in [0.25, 0.3) is 0 Å². The first-order valence-electron chi connectivity index (χ1n) is 7.01. The Morgan fingerprint density at radius 1 is 1.00 bits per heavy atom. The smallest absolute Gasteiger partial charge is 0.134 e. The van der Waals surface area contributed by atoms with Crippen LogP contribution in [0.15, 0.2) is 36.7 Å². The second-order valence-corrected chi connectivity index (χ2v) is 4.96. The van der Waals surface area contributed by atoms with E-state index in [9.17, 15) is 4.39 Å². The molecular weight excluding hydrogens is 269 g/mol. The van der Waals surface area contributed by atoms with Crippen LogP contribution in [0, 0.1) is 5.82 Å². The van der Waals surface area contributed by atoms with Gasteiger partial charge in [-0.05, 0) is 24.3 Å². The van der Waals surface area contributed by atoms with Crippen molar-refractivity contribution in [2.24, 2.45) is 0 Å². The summed E-state index contributed by atoms with van der Waals surface area (Å²) >= 11 is 0. The van der Waals surface area contributed by atoms with Crippen molar-refractivity contribution in [1.29, 1.82) is 0 Å². The van der Waals surface area contributed by atoms with Crippen LogP contribution in [0.2, 0.25) is 0 Å². The summed E-state index contributed by atoms with van der Waals surface area (Å²) in [5.41, 5.74) is 1.06. The normalized spacial score (nSPS) is 15.1. The number of benzene rings is 1. The van der Waals surface area contributed by atoms with Gasteiger partial charge in [-0.25, -0.2) is 14.4 Å². The van der Waals surface area contributed by atoms with Crippen molar-refractivity contribution in [2.45, 2.75) is 0 Å². The maximum atomic E-state index is 13.0. The molecule has 0 bridgehead atoms. The molecule has 0 spiro atoms. The molecule has 110 valence electrons. The van der Waals surface area contributed by atoms with Crippen LogP contribution in [0.5, 0.6) is 0 Å². The minimum atomic E-state index is -0.196. The number of nitrogens with one attached hydrogen (secondary N) is 1. The Hall–Kier alpha value is -2.37. The van der Waals surface area contributed by atoms with Gasteiger partial charge in [-0.2, -0.15) is 0 Å². The number of hydrogen-bond acceptors (Lipinski definition) is 5. The first-order chi connectivity index (χ1) is 10.3. The Bertz CT molecular complexity index is 593. The summed E-state index contributed by atoms with van der Waals surface area (Å²) < 4.78 is 13.0. The largest absolute Gasteiger partial charge is 0.373 e. The molecule has 5 nitrogen and oxygen atoms in total. The van der Waals surface area contributed by atoms with Gasteiger partial charge in [0.15, 0.2) is 0 Å². The average Bonchev–Trinajstić information content (AvgIpc) is 2.56. The molecule has 0 amide bonds. The lowest BCUT2D eigenvalue weighted by Gasteiger charge is -2.36. The van der Waals surface area contributed by atoms with Crippen molar-refractivity contribution in [3.8, 4) is 0 Å². The summed E-state index contributed by atoms with van der Waals surface area (Å²) in [6, 6.07) is 8.62. The molecule has 0 saturated carbocycles. The molecule has 6 heteroatoms. The fourth-order valence-corrected chi connectivity index (χ4v) is 2.50. The van der Waals surface area contributed by atoms with E-state index in [1.54, 1.807) is 6.33 Å². The Morgan fingerprint density at radius 2 is 1.67 bits per heavy atom. The van der Waals surface area contributed by atoms with E-state index < -0.39 is 0 Å². The van der Waals surface area contributed by atoms with Crippen molar-refractivity contribution in [2.75, 3.05) is 48.3 Å². The second kappa shape index (κ2) is 5.95. The summed E-state index contributed by atoms with van der Waals surface area (Å²) in [6.45, 7) is 3.56. The van der Waals surface area contributed by atoms with E-state index in [2.05, 4.69) is 25.1 Å². The molecule has 1 aliphatic rings. The number of aromatic nitrogens is 2. The predicted molar refractivity (Wildman–Crippen MR) is 82.4 cm³/mol. The number of anilines is 3. The molecule has 0 aliphatic carbocycles. The first-order valence-corrected chi connectivity index (χ1v) is 7.01. The van der Waals surface area contributed by atoms with E-state index in [0.29, 0.717) is 0 Å². The summed E-state index contributed by atoms with van der Waals surface area (Å²) in [5.74, 6) is 1.56. The van der Waals surface area contributed by atoms with E-state index >= 15 is 0 Å². The van der Waals surface area contributed by atoms with Crippen LogP contribution in [0.1, 0.15) is 0 Å². The highest BCUT2D eigenvalue weighted by Crippen LogP contribution is 2.20. The summed E-state index contributed by atoms with van der Waals surface area (Å²) in [5, 5.41) is 3.02. The van der Waals surface area contributed by atoms with Gasteiger partial charge in [0.1, 0.15) is 23.8 Å². The fourth-order valence-electron chi connectivity index (χ4n) is 2.50. The number of halogens is 1. The molecular formula is C15H18FN5. The van der Waals surface area contributed by atoms with Crippen LogP contribution < -0.4 is 15.1 Å². The highest BCUT2D eigenvalue weighted by Gasteiger charge is 2.18. The molecule has 0 radical (unpaired) electrons. The van der Waals surface area contributed by atoms with Gasteiger partial charge in [-0.15, -0.1) is 0 Å². The Kier molecular flexibility index (Phi) is 3.85. The minimum absolute atomic E-state index is 0.196. The summed E-state index contributed by atoms with van der Waals surface area (Å²) in [7, 11) is 1.85. The van der Waals surface area contributed by atoms with E-state index in [1.807, 2.05) is 25.2 Å². The van der Waals surface area contributed by atoms with Crippen molar-refractivity contribution in [3.05, 3.63) is 42.5 Å². The predicted octanol–water partition coefficient (Wildman–Crippen LogP) is 1.98. The quantitative estimate of drug-likeness (QED) is 0.935. The van der Waals surface area contributed by atoms with E-state index in [-0.39, 0.29) is 5.82 Å². The molecule has 1 aromatic carbocycles. The zero-order valence-corrected chi connectivity index (χ0v) is 12.0. The van der Waals surface area contributed by atoms with E-state index in [1.165, 1.54) is 12.1 Å². The van der Waals surface area contributed by atoms with E-state index in [0.717, 1.165) is 43.5 Å². The molecule has 3 rings (SSSR count). The lowest BCUT2D eigenvalue weighted by Crippen LogP contribution is -2.46. The number of piperazine rings is 1. The highest BCUT2D eigenvalue weighted by atomic mass is 19.1. The highest BCUT2D eigenvalue weighted by molar-refractivity contribution is 5.52. The van der Waals surface area contributed by atoms with Crippen molar-refractivity contribution < 1.29 is 4.39 Å². The molecule has 0 unspecified atom stereocenters. The van der Waals surface area contributed by atoms with Crippen molar-refractivity contribution in [3.63, 3.8) is 0 Å². The van der Waals surface area contributed by atoms with Gasteiger partial charge in [-0.3, -0.25) is 0 Å². The van der Waals surface area contributed by atoms with Gasteiger partial charge in [0, 0.05) is 45.0 Å². The van der Waals surface area contributed by atoms with Crippen molar-refractivity contribution >= 4 is 17.3 Å². The monoisotopic (exact) mass is 287 g/mol. The van der Waals surface area contributed by atoms with E-state index in [4.69, 9.17) is 0 Å². The lowest BCUT2D eigenvalue weighted by atomic mass is 10.2. The average molecular weight is 287 g/mol. The summed E-state index contributed by atoms with van der Waals surface area (Å²) in [6.07, 6.45) is 1.58. The van der Waals surface area contributed by atoms with Crippen LogP contribution in [0.25, 0.3) is 0 Å².